The van der Waals surface area contributed by atoms with Crippen molar-refractivity contribution in [3.8, 4) is 23.3 Å². The lowest BCUT2D eigenvalue weighted by Crippen LogP contribution is -2.57. The highest BCUT2D eigenvalue weighted by Gasteiger charge is 2.39. The Kier molecular flexibility index (Phi) is 8.88. The molecule has 0 spiro atoms. The van der Waals surface area contributed by atoms with Crippen molar-refractivity contribution < 1.29 is 36.2 Å². The molecule has 2 fully saturated rings. The third kappa shape index (κ3) is 6.20. The SMILES string of the molecule is C=C(F)C(O)N1CCN(c2nc(OC[C@@H]3C[C@@H](F)CN3C)nc3cc(-c4nc(N)cc(C)c4C(F)(F)F)c4ccoc4c23)C[C@@H]1CC#N. The van der Waals surface area contributed by atoms with Gasteiger partial charge < -0.3 is 24.9 Å². The Bertz CT molecular complexity index is 1910. The number of furan rings is 1. The molecule has 0 amide bonds. The summed E-state index contributed by atoms with van der Waals surface area (Å²) < 4.78 is 83.2. The molecule has 3 aromatic heterocycles. The normalized spacial score (nSPS) is 21.6. The molecule has 254 valence electrons. The minimum absolute atomic E-state index is 0.0432. The van der Waals surface area contributed by atoms with Crippen molar-refractivity contribution in [3.63, 3.8) is 0 Å². The van der Waals surface area contributed by atoms with Gasteiger partial charge in [0.15, 0.2) is 6.23 Å². The number of halogens is 5. The first-order valence-corrected chi connectivity index (χ1v) is 15.2. The zero-order valence-corrected chi connectivity index (χ0v) is 26.1. The molecule has 6 rings (SSSR count). The van der Waals surface area contributed by atoms with Crippen LogP contribution in [0.4, 0.5) is 33.6 Å². The van der Waals surface area contributed by atoms with Gasteiger partial charge in [0.05, 0.1) is 40.9 Å². The van der Waals surface area contributed by atoms with Crippen LogP contribution in [0.2, 0.25) is 0 Å². The number of rotatable bonds is 8. The predicted octanol–water partition coefficient (Wildman–Crippen LogP) is 4.97. The van der Waals surface area contributed by atoms with Crippen molar-refractivity contribution >= 4 is 33.5 Å². The number of hydrogen-bond acceptors (Lipinski definition) is 11. The summed E-state index contributed by atoms with van der Waals surface area (Å²) in [7, 11) is 1.77. The van der Waals surface area contributed by atoms with E-state index in [1.54, 1.807) is 11.9 Å². The Balaban J connectivity index is 1.53. The molecular weight excluding hydrogens is 639 g/mol. The number of fused-ring (bicyclic) bond motifs is 3. The molecule has 1 unspecified atom stereocenters. The van der Waals surface area contributed by atoms with Gasteiger partial charge in [-0.3, -0.25) is 9.80 Å². The molecule has 0 saturated carbocycles. The largest absolute Gasteiger partial charge is 0.463 e. The number of anilines is 2. The van der Waals surface area contributed by atoms with E-state index in [0.29, 0.717) is 10.8 Å². The van der Waals surface area contributed by atoms with Gasteiger partial charge in [-0.25, -0.2) is 13.8 Å². The van der Waals surface area contributed by atoms with E-state index in [-0.39, 0.29) is 91.5 Å². The van der Waals surface area contributed by atoms with E-state index in [1.807, 2.05) is 4.90 Å². The van der Waals surface area contributed by atoms with Crippen molar-refractivity contribution in [2.75, 3.05) is 50.5 Å². The Morgan fingerprint density at radius 3 is 2.67 bits per heavy atom. The van der Waals surface area contributed by atoms with Crippen LogP contribution in [-0.2, 0) is 6.18 Å². The summed E-state index contributed by atoms with van der Waals surface area (Å²) in [4.78, 5) is 18.4. The van der Waals surface area contributed by atoms with E-state index in [4.69, 9.17) is 19.9 Å². The van der Waals surface area contributed by atoms with Gasteiger partial charge in [-0.05, 0) is 44.2 Å². The minimum atomic E-state index is -4.76. The Morgan fingerprint density at radius 1 is 1.23 bits per heavy atom. The lowest BCUT2D eigenvalue weighted by atomic mass is 9.96. The lowest BCUT2D eigenvalue weighted by Gasteiger charge is -2.43. The van der Waals surface area contributed by atoms with Gasteiger partial charge in [0, 0.05) is 49.2 Å². The van der Waals surface area contributed by atoms with Gasteiger partial charge in [0.25, 0.3) is 0 Å². The fourth-order valence-electron chi connectivity index (χ4n) is 6.66. The van der Waals surface area contributed by atoms with Gasteiger partial charge in [-0.2, -0.15) is 28.4 Å². The number of alkyl halides is 4. The summed E-state index contributed by atoms with van der Waals surface area (Å²) >= 11 is 0. The van der Waals surface area contributed by atoms with E-state index >= 15 is 0 Å². The number of hydrogen-bond donors (Lipinski definition) is 2. The topological polar surface area (TPSA) is 141 Å². The third-order valence-corrected chi connectivity index (χ3v) is 8.93. The highest BCUT2D eigenvalue weighted by Crippen LogP contribution is 2.44. The number of nitrogen functional groups attached to an aromatic ring is 1. The van der Waals surface area contributed by atoms with Crippen LogP contribution in [0.25, 0.3) is 33.1 Å². The summed E-state index contributed by atoms with van der Waals surface area (Å²) in [5, 5.41) is 20.6. The number of piperazine rings is 1. The number of nitriles is 1. The number of benzene rings is 1. The molecule has 16 heteroatoms. The second-order valence-electron chi connectivity index (χ2n) is 12.2. The smallest absolute Gasteiger partial charge is 0.418 e. The molecule has 0 radical (unpaired) electrons. The van der Waals surface area contributed by atoms with Crippen LogP contribution in [-0.4, -0.2) is 94.2 Å². The summed E-state index contributed by atoms with van der Waals surface area (Å²) in [5.41, 5.74) is 4.87. The first kappa shape index (κ1) is 33.3. The number of aryl methyl sites for hydroxylation is 1. The summed E-state index contributed by atoms with van der Waals surface area (Å²) in [6.45, 7) is 5.21. The standard InChI is InChI=1S/C32H33F5N8O3/c1-16-10-24(39)41-27(26(16)32(35,36)37)22-12-23-25(28-21(22)5-9-47-28)29(42-31(40-23)48-15-20-11-18(34)13-43(20)3)44-7-8-45(30(46)17(2)33)19(14-44)4-6-38/h5,9-10,12,18-20,30,46H,2,4,7-8,11,13-15H2,1,3H3,(H2,39,41)/t18-,19+,20+,30?/m1/s1. The van der Waals surface area contributed by atoms with Gasteiger partial charge in [-0.15, -0.1) is 0 Å². The number of likely N-dealkylation sites (N-methyl/N-ethyl adjacent to an activating group) is 1. The Hall–Kier alpha value is -4.59. The van der Waals surface area contributed by atoms with Crippen LogP contribution in [0, 0.1) is 18.3 Å². The van der Waals surface area contributed by atoms with Gasteiger partial charge >= 0.3 is 12.2 Å². The van der Waals surface area contributed by atoms with Gasteiger partial charge in [-0.1, -0.05) is 6.58 Å². The number of nitrogens with zero attached hydrogens (tertiary/aromatic N) is 7. The van der Waals surface area contributed by atoms with Crippen molar-refractivity contribution in [2.45, 2.75) is 50.4 Å². The highest BCUT2D eigenvalue weighted by atomic mass is 19.4. The van der Waals surface area contributed by atoms with Crippen LogP contribution in [0.15, 0.2) is 41.3 Å². The third-order valence-electron chi connectivity index (χ3n) is 8.93. The van der Waals surface area contributed by atoms with E-state index < -0.39 is 41.7 Å². The first-order valence-electron chi connectivity index (χ1n) is 15.2. The van der Waals surface area contributed by atoms with Crippen LogP contribution < -0.4 is 15.4 Å². The molecule has 4 atom stereocenters. The molecule has 2 aliphatic heterocycles. The van der Waals surface area contributed by atoms with Gasteiger partial charge in [0.2, 0.25) is 0 Å². The molecule has 11 nitrogen and oxygen atoms in total. The van der Waals surface area contributed by atoms with Crippen molar-refractivity contribution in [1.82, 2.24) is 24.8 Å². The monoisotopic (exact) mass is 672 g/mol. The number of aromatic nitrogens is 3. The Labute approximate surface area is 272 Å². The zero-order chi connectivity index (χ0) is 34.5. The maximum absolute atomic E-state index is 14.4. The number of likely N-dealkylation sites (tertiary alicyclic amines) is 1. The minimum Gasteiger partial charge on any atom is -0.463 e. The molecule has 0 bridgehead atoms. The number of pyridine rings is 1. The lowest BCUT2D eigenvalue weighted by molar-refractivity contribution is -0.137. The van der Waals surface area contributed by atoms with Crippen LogP contribution in [0.1, 0.15) is 24.0 Å². The number of nitrogens with two attached hydrogens (primary N) is 1. The molecule has 1 aromatic carbocycles. The second-order valence-corrected chi connectivity index (χ2v) is 12.2. The van der Waals surface area contributed by atoms with Crippen LogP contribution in [0.5, 0.6) is 6.01 Å². The molecule has 3 N–H and O–H groups in total. The Morgan fingerprint density at radius 2 is 2.00 bits per heavy atom. The van der Waals surface area contributed by atoms with Crippen LogP contribution in [0.3, 0.4) is 0 Å². The van der Waals surface area contributed by atoms with Gasteiger partial charge in [0.1, 0.15) is 35.8 Å². The van der Waals surface area contributed by atoms with Crippen molar-refractivity contribution in [2.24, 2.45) is 0 Å². The maximum atomic E-state index is 14.4. The predicted molar refractivity (Wildman–Crippen MR) is 167 cm³/mol. The van der Waals surface area contributed by atoms with E-state index in [2.05, 4.69) is 22.6 Å². The quantitative estimate of drug-likeness (QED) is 0.245. The molecule has 5 heterocycles. The fraction of sp³-hybridized carbons (Fsp3) is 0.438. The molecule has 0 aliphatic carbocycles. The second kappa shape index (κ2) is 12.8. The van der Waals surface area contributed by atoms with Crippen molar-refractivity contribution in [1.29, 1.82) is 5.26 Å². The highest BCUT2D eigenvalue weighted by molar-refractivity contribution is 6.14. The number of aliphatic hydroxyl groups excluding tert-OH is 1. The number of aliphatic hydroxyl groups is 1. The first-order chi connectivity index (χ1) is 22.8. The van der Waals surface area contributed by atoms with E-state index in [9.17, 15) is 32.3 Å². The molecule has 2 aliphatic rings. The maximum Gasteiger partial charge on any atom is 0.418 e. The average molecular weight is 673 g/mol. The average Bonchev–Trinajstić information content (AvgIpc) is 3.63. The number of ether oxygens (including phenoxy) is 1. The van der Waals surface area contributed by atoms with E-state index in [1.165, 1.54) is 30.2 Å². The molecule has 4 aromatic rings. The van der Waals surface area contributed by atoms with E-state index in [0.717, 1.165) is 6.07 Å². The summed E-state index contributed by atoms with van der Waals surface area (Å²) in [6.07, 6.45) is -5.89. The molecular formula is C32H33F5N8O3. The van der Waals surface area contributed by atoms with Crippen LogP contribution >= 0.6 is 0 Å². The summed E-state index contributed by atoms with van der Waals surface area (Å²) in [5.74, 6) is -0.782. The zero-order valence-electron chi connectivity index (χ0n) is 26.1. The molecule has 48 heavy (non-hydrogen) atoms. The molecule has 2 saturated heterocycles. The van der Waals surface area contributed by atoms with Crippen molar-refractivity contribution in [3.05, 3.63) is 48.0 Å². The summed E-state index contributed by atoms with van der Waals surface area (Å²) in [6, 6.07) is 5.16. The fourth-order valence-corrected chi connectivity index (χ4v) is 6.66.